The first-order valence-corrected chi connectivity index (χ1v) is 13.3. The van der Waals surface area contributed by atoms with Crippen LogP contribution in [0.4, 0.5) is 21.9 Å². The van der Waals surface area contributed by atoms with Crippen molar-refractivity contribution in [3.8, 4) is 0 Å². The number of ether oxygens (including phenoxy) is 1. The van der Waals surface area contributed by atoms with E-state index in [0.29, 0.717) is 35.0 Å². The molecule has 1 aliphatic heterocycles. The molecule has 11 heteroatoms. The van der Waals surface area contributed by atoms with Crippen LogP contribution in [0, 0.1) is 6.92 Å². The van der Waals surface area contributed by atoms with Crippen LogP contribution in [-0.4, -0.2) is 52.9 Å². The molecule has 1 fully saturated rings. The molecule has 0 spiro atoms. The van der Waals surface area contributed by atoms with Gasteiger partial charge in [-0.25, -0.2) is 14.8 Å². The van der Waals surface area contributed by atoms with Crippen molar-refractivity contribution in [2.75, 3.05) is 37.0 Å². The van der Waals surface area contributed by atoms with Crippen LogP contribution in [-0.2, 0) is 4.74 Å². The fourth-order valence-corrected chi connectivity index (χ4v) is 6.11. The summed E-state index contributed by atoms with van der Waals surface area (Å²) in [6, 6.07) is 9.97. The van der Waals surface area contributed by atoms with Crippen molar-refractivity contribution in [1.29, 1.82) is 0 Å². The molecule has 0 radical (unpaired) electrons. The molecule has 9 nitrogen and oxygen atoms in total. The Morgan fingerprint density at radius 3 is 2.74 bits per heavy atom. The lowest BCUT2D eigenvalue weighted by molar-refractivity contribution is 0.0518. The second-order valence-electron chi connectivity index (χ2n) is 8.36. The molecule has 0 bridgehead atoms. The molecule has 5 rings (SSSR count). The standard InChI is InChI=1S/C24H27N7O2S2/c1-4-33-22(32)19-20(15-9-11-25-12-10-15)35-24(27-19)31(3)18-13-14(2)21(30-29-18)28-23-26-16-7-5-6-8-17(16)34-23/h5-8,13,15,25H,4,9-12H2,1-3H3,(H,26,28,30). The summed E-state index contributed by atoms with van der Waals surface area (Å²) in [5.74, 6) is 1.24. The molecule has 35 heavy (non-hydrogen) atoms. The number of para-hydroxylation sites is 1. The van der Waals surface area contributed by atoms with Gasteiger partial charge in [-0.1, -0.05) is 23.5 Å². The molecule has 0 amide bonds. The summed E-state index contributed by atoms with van der Waals surface area (Å²) in [6.45, 7) is 5.98. The van der Waals surface area contributed by atoms with Crippen molar-refractivity contribution in [2.45, 2.75) is 32.6 Å². The zero-order valence-corrected chi connectivity index (χ0v) is 21.5. The number of carbonyl (C=O) groups is 1. The lowest BCUT2D eigenvalue weighted by Crippen LogP contribution is -2.27. The van der Waals surface area contributed by atoms with Gasteiger partial charge in [-0.05, 0) is 69.5 Å². The number of carbonyl (C=O) groups excluding carboxylic acids is 1. The van der Waals surface area contributed by atoms with Gasteiger partial charge in [0.2, 0.25) is 0 Å². The van der Waals surface area contributed by atoms with Crippen molar-refractivity contribution < 1.29 is 9.53 Å². The topological polar surface area (TPSA) is 105 Å². The highest BCUT2D eigenvalue weighted by Gasteiger charge is 2.28. The van der Waals surface area contributed by atoms with Crippen LogP contribution in [0.3, 0.4) is 0 Å². The van der Waals surface area contributed by atoms with E-state index in [1.165, 1.54) is 11.3 Å². The molecule has 1 aromatic carbocycles. The number of thiazole rings is 2. The third-order valence-corrected chi connectivity index (χ3v) is 8.19. The first-order chi connectivity index (χ1) is 17.0. The minimum absolute atomic E-state index is 0.295. The van der Waals surface area contributed by atoms with E-state index in [0.717, 1.165) is 51.7 Å². The van der Waals surface area contributed by atoms with Gasteiger partial charge in [0.15, 0.2) is 27.6 Å². The summed E-state index contributed by atoms with van der Waals surface area (Å²) in [5.41, 5.74) is 2.30. The summed E-state index contributed by atoms with van der Waals surface area (Å²) in [7, 11) is 1.89. The molecule has 1 aliphatic rings. The normalized spacial score (nSPS) is 14.3. The molecule has 4 heterocycles. The lowest BCUT2D eigenvalue weighted by Gasteiger charge is -2.21. The molecule has 1 saturated heterocycles. The average molecular weight is 510 g/mol. The number of piperidine rings is 1. The number of hydrogen-bond acceptors (Lipinski definition) is 11. The van der Waals surface area contributed by atoms with E-state index < -0.39 is 0 Å². The number of hydrogen-bond donors (Lipinski definition) is 2. The molecule has 182 valence electrons. The number of fused-ring (bicyclic) bond motifs is 1. The van der Waals surface area contributed by atoms with Gasteiger partial charge in [0.05, 0.1) is 16.8 Å². The van der Waals surface area contributed by atoms with E-state index in [9.17, 15) is 4.79 Å². The number of rotatable bonds is 7. The van der Waals surface area contributed by atoms with E-state index in [2.05, 4.69) is 30.8 Å². The van der Waals surface area contributed by atoms with E-state index in [-0.39, 0.29) is 5.97 Å². The van der Waals surface area contributed by atoms with Gasteiger partial charge in [0.1, 0.15) is 0 Å². The third kappa shape index (κ3) is 4.97. The Morgan fingerprint density at radius 1 is 1.20 bits per heavy atom. The maximum Gasteiger partial charge on any atom is 0.358 e. The van der Waals surface area contributed by atoms with E-state index in [4.69, 9.17) is 4.74 Å². The van der Waals surface area contributed by atoms with Crippen LogP contribution < -0.4 is 15.5 Å². The second-order valence-corrected chi connectivity index (χ2v) is 10.4. The first-order valence-electron chi connectivity index (χ1n) is 11.6. The maximum absolute atomic E-state index is 12.7. The number of aromatic nitrogens is 4. The fourth-order valence-electron chi connectivity index (χ4n) is 4.05. The predicted molar refractivity (Wildman–Crippen MR) is 141 cm³/mol. The van der Waals surface area contributed by atoms with Crippen LogP contribution in [0.15, 0.2) is 30.3 Å². The molecule has 4 aromatic rings. The van der Waals surface area contributed by atoms with Crippen LogP contribution in [0.25, 0.3) is 10.2 Å². The molecule has 3 aromatic heterocycles. The Labute approximate surface area is 211 Å². The quantitative estimate of drug-likeness (QED) is 0.333. The van der Waals surface area contributed by atoms with Gasteiger partial charge in [-0.15, -0.1) is 21.5 Å². The smallest absolute Gasteiger partial charge is 0.358 e. The number of esters is 1. The number of nitrogens with zero attached hydrogens (tertiary/aromatic N) is 5. The van der Waals surface area contributed by atoms with Crippen molar-refractivity contribution in [2.24, 2.45) is 0 Å². The van der Waals surface area contributed by atoms with Gasteiger partial charge in [-0.3, -0.25) is 0 Å². The average Bonchev–Trinajstić information content (AvgIpc) is 3.50. The van der Waals surface area contributed by atoms with Crippen LogP contribution in [0.5, 0.6) is 0 Å². The fraction of sp³-hybridized carbons (Fsp3) is 0.375. The predicted octanol–water partition coefficient (Wildman–Crippen LogP) is 5.01. The molecular weight excluding hydrogens is 482 g/mol. The number of benzene rings is 1. The Kier molecular flexibility index (Phi) is 6.89. The minimum atomic E-state index is -0.366. The second kappa shape index (κ2) is 10.2. The zero-order valence-electron chi connectivity index (χ0n) is 19.9. The highest BCUT2D eigenvalue weighted by Crippen LogP contribution is 2.38. The summed E-state index contributed by atoms with van der Waals surface area (Å²) in [5, 5.41) is 17.0. The van der Waals surface area contributed by atoms with Gasteiger partial charge < -0.3 is 20.3 Å². The van der Waals surface area contributed by atoms with Crippen molar-refractivity contribution in [3.05, 3.63) is 46.5 Å². The number of nitrogens with one attached hydrogen (secondary N) is 2. The third-order valence-electron chi connectivity index (χ3n) is 5.94. The molecule has 0 saturated carbocycles. The number of anilines is 4. The SMILES string of the molecule is CCOC(=O)c1nc(N(C)c2cc(C)c(Nc3nc4ccccc4s3)nn2)sc1C1CCNCC1. The molecule has 2 N–H and O–H groups in total. The highest BCUT2D eigenvalue weighted by atomic mass is 32.1. The molecule has 0 aliphatic carbocycles. The Balaban J connectivity index is 1.39. The van der Waals surface area contributed by atoms with Crippen molar-refractivity contribution >= 4 is 60.8 Å². The van der Waals surface area contributed by atoms with Crippen molar-refractivity contribution in [1.82, 2.24) is 25.5 Å². The monoisotopic (exact) mass is 509 g/mol. The number of aryl methyl sites for hydroxylation is 1. The van der Waals surface area contributed by atoms with E-state index in [1.807, 2.05) is 56.1 Å². The minimum Gasteiger partial charge on any atom is -0.461 e. The van der Waals surface area contributed by atoms with Gasteiger partial charge in [0.25, 0.3) is 0 Å². The highest BCUT2D eigenvalue weighted by molar-refractivity contribution is 7.22. The molecule has 0 unspecified atom stereocenters. The van der Waals surface area contributed by atoms with Gasteiger partial charge >= 0.3 is 5.97 Å². The zero-order chi connectivity index (χ0) is 24.4. The summed E-state index contributed by atoms with van der Waals surface area (Å²) in [6.07, 6.45) is 1.95. The van der Waals surface area contributed by atoms with Gasteiger partial charge in [0, 0.05) is 11.9 Å². The van der Waals surface area contributed by atoms with E-state index >= 15 is 0 Å². The van der Waals surface area contributed by atoms with Crippen LogP contribution in [0.1, 0.15) is 46.6 Å². The van der Waals surface area contributed by atoms with Crippen LogP contribution >= 0.6 is 22.7 Å². The largest absolute Gasteiger partial charge is 0.461 e. The lowest BCUT2D eigenvalue weighted by atomic mass is 9.95. The molecular formula is C24H27N7O2S2. The Bertz CT molecular complexity index is 1310. The van der Waals surface area contributed by atoms with Gasteiger partial charge in [-0.2, -0.15) is 0 Å². The maximum atomic E-state index is 12.7. The van der Waals surface area contributed by atoms with Crippen molar-refractivity contribution in [3.63, 3.8) is 0 Å². The summed E-state index contributed by atoms with van der Waals surface area (Å²) < 4.78 is 6.41. The Morgan fingerprint density at radius 2 is 2.00 bits per heavy atom. The first kappa shape index (κ1) is 23.6. The van der Waals surface area contributed by atoms with E-state index in [1.54, 1.807) is 11.3 Å². The summed E-state index contributed by atoms with van der Waals surface area (Å²) >= 11 is 3.11. The summed E-state index contributed by atoms with van der Waals surface area (Å²) in [4.78, 5) is 24.8. The molecule has 0 atom stereocenters. The van der Waals surface area contributed by atoms with Crippen LogP contribution in [0.2, 0.25) is 0 Å². The Hall–Kier alpha value is -3.15.